The van der Waals surface area contributed by atoms with Crippen molar-refractivity contribution in [1.82, 2.24) is 5.32 Å². The van der Waals surface area contributed by atoms with Crippen molar-refractivity contribution in [2.24, 2.45) is 5.92 Å². The molecule has 19 heavy (non-hydrogen) atoms. The quantitative estimate of drug-likeness (QED) is 0.872. The van der Waals surface area contributed by atoms with Gasteiger partial charge in [0.25, 0.3) is 0 Å². The lowest BCUT2D eigenvalue weighted by Crippen LogP contribution is -2.25. The van der Waals surface area contributed by atoms with Crippen LogP contribution in [0, 0.1) is 5.92 Å². The lowest BCUT2D eigenvalue weighted by Gasteiger charge is -2.13. The third kappa shape index (κ3) is 3.96. The molecule has 0 bridgehead atoms. The second-order valence-corrected chi connectivity index (χ2v) is 5.34. The largest absolute Gasteiger partial charge is 0.416 e. The fourth-order valence-corrected chi connectivity index (χ4v) is 2.94. The van der Waals surface area contributed by atoms with E-state index in [9.17, 15) is 13.2 Å². The van der Waals surface area contributed by atoms with E-state index < -0.39 is 11.7 Å². The van der Waals surface area contributed by atoms with Crippen LogP contribution < -0.4 is 5.32 Å². The number of hydrogen-bond acceptors (Lipinski definition) is 1. The number of halogens is 3. The summed E-state index contributed by atoms with van der Waals surface area (Å²) in [6, 6.07) is 6.28. The van der Waals surface area contributed by atoms with Gasteiger partial charge in [0.15, 0.2) is 0 Å². The minimum Gasteiger partial charge on any atom is -0.314 e. The van der Waals surface area contributed by atoms with Crippen molar-refractivity contribution in [3.8, 4) is 0 Å². The molecule has 0 aliphatic heterocycles. The van der Waals surface area contributed by atoms with Crippen LogP contribution in [-0.2, 0) is 12.6 Å². The molecule has 106 valence electrons. The summed E-state index contributed by atoms with van der Waals surface area (Å²) < 4.78 is 37.9. The summed E-state index contributed by atoms with van der Waals surface area (Å²) in [6.45, 7) is 3.04. The van der Waals surface area contributed by atoms with Gasteiger partial charge >= 0.3 is 6.18 Å². The van der Waals surface area contributed by atoms with Crippen LogP contribution >= 0.6 is 0 Å². The Bertz CT molecular complexity index is 414. The molecule has 1 N–H and O–H groups in total. The minimum atomic E-state index is -4.24. The Labute approximate surface area is 112 Å². The summed E-state index contributed by atoms with van der Waals surface area (Å²) in [5.41, 5.74) is 0.267. The number of alkyl halides is 3. The first-order chi connectivity index (χ1) is 8.99. The van der Waals surface area contributed by atoms with E-state index in [-0.39, 0.29) is 0 Å². The fraction of sp³-hybridized carbons (Fsp3) is 0.600. The summed E-state index contributed by atoms with van der Waals surface area (Å²) in [7, 11) is 0. The second-order valence-electron chi connectivity index (χ2n) is 5.34. The summed E-state index contributed by atoms with van der Waals surface area (Å²) in [4.78, 5) is 0. The summed E-state index contributed by atoms with van der Waals surface area (Å²) >= 11 is 0. The van der Waals surface area contributed by atoms with E-state index in [0.29, 0.717) is 12.0 Å². The van der Waals surface area contributed by atoms with Crippen LogP contribution in [0.3, 0.4) is 0 Å². The molecule has 1 nitrogen and oxygen atoms in total. The second kappa shape index (κ2) is 5.95. The standard InChI is InChI=1S/C15H20F3N/c1-2-19-14-7-6-12(10-14)8-11-4-3-5-13(9-11)15(16,17)18/h3-5,9,12,14,19H,2,6-8,10H2,1H3. The maximum atomic E-state index is 12.6. The Kier molecular flexibility index (Phi) is 4.50. The Morgan fingerprint density at radius 3 is 2.74 bits per heavy atom. The Balaban J connectivity index is 1.97. The van der Waals surface area contributed by atoms with E-state index in [4.69, 9.17) is 0 Å². The smallest absolute Gasteiger partial charge is 0.314 e. The van der Waals surface area contributed by atoms with Gasteiger partial charge in [-0.15, -0.1) is 0 Å². The number of hydrogen-bond donors (Lipinski definition) is 1. The van der Waals surface area contributed by atoms with Gasteiger partial charge in [0.05, 0.1) is 5.56 Å². The van der Waals surface area contributed by atoms with Gasteiger partial charge in [0.2, 0.25) is 0 Å². The zero-order valence-corrected chi connectivity index (χ0v) is 11.1. The maximum absolute atomic E-state index is 12.6. The highest BCUT2D eigenvalue weighted by Crippen LogP contribution is 2.32. The van der Waals surface area contributed by atoms with Crippen LogP contribution in [0.4, 0.5) is 13.2 Å². The molecule has 2 rings (SSSR count). The monoisotopic (exact) mass is 271 g/mol. The molecular weight excluding hydrogens is 251 g/mol. The SMILES string of the molecule is CCNC1CCC(Cc2cccc(C(F)(F)F)c2)C1. The molecule has 1 fully saturated rings. The molecule has 0 amide bonds. The Hall–Kier alpha value is -1.03. The van der Waals surface area contributed by atoms with Crippen molar-refractivity contribution in [2.45, 2.75) is 44.8 Å². The zero-order chi connectivity index (χ0) is 13.9. The predicted octanol–water partition coefficient (Wildman–Crippen LogP) is 4.03. The first kappa shape index (κ1) is 14.4. The van der Waals surface area contributed by atoms with Gasteiger partial charge < -0.3 is 5.32 Å². The van der Waals surface area contributed by atoms with E-state index >= 15 is 0 Å². The maximum Gasteiger partial charge on any atom is 0.416 e. The van der Waals surface area contributed by atoms with Crippen molar-refractivity contribution in [1.29, 1.82) is 0 Å². The molecule has 1 saturated carbocycles. The van der Waals surface area contributed by atoms with Crippen LogP contribution in [0.25, 0.3) is 0 Å². The van der Waals surface area contributed by atoms with Gasteiger partial charge in [-0.3, -0.25) is 0 Å². The van der Waals surface area contributed by atoms with Gasteiger partial charge in [-0.1, -0.05) is 25.1 Å². The molecule has 2 atom stereocenters. The molecule has 1 aliphatic carbocycles. The van der Waals surface area contributed by atoms with Crippen molar-refractivity contribution in [3.63, 3.8) is 0 Å². The first-order valence-electron chi connectivity index (χ1n) is 6.88. The lowest BCUT2D eigenvalue weighted by molar-refractivity contribution is -0.137. The highest BCUT2D eigenvalue weighted by Gasteiger charge is 2.31. The van der Waals surface area contributed by atoms with Crippen LogP contribution in [0.15, 0.2) is 24.3 Å². The predicted molar refractivity (Wildman–Crippen MR) is 70.0 cm³/mol. The van der Waals surface area contributed by atoms with Crippen molar-refractivity contribution in [2.75, 3.05) is 6.54 Å². The average molecular weight is 271 g/mol. The minimum absolute atomic E-state index is 0.507. The Morgan fingerprint density at radius 2 is 2.05 bits per heavy atom. The van der Waals surface area contributed by atoms with Gasteiger partial charge in [0, 0.05) is 6.04 Å². The van der Waals surface area contributed by atoms with Crippen LogP contribution in [-0.4, -0.2) is 12.6 Å². The topological polar surface area (TPSA) is 12.0 Å². The highest BCUT2D eigenvalue weighted by molar-refractivity contribution is 5.26. The van der Waals surface area contributed by atoms with Gasteiger partial charge in [-0.2, -0.15) is 13.2 Å². The van der Waals surface area contributed by atoms with Crippen LogP contribution in [0.2, 0.25) is 0 Å². The molecule has 0 heterocycles. The molecule has 1 aromatic carbocycles. The lowest BCUT2D eigenvalue weighted by atomic mass is 9.96. The van der Waals surface area contributed by atoms with Gasteiger partial charge in [-0.05, 0) is 49.8 Å². The number of nitrogens with one attached hydrogen (secondary N) is 1. The summed E-state index contributed by atoms with van der Waals surface area (Å²) in [5.74, 6) is 0.507. The Morgan fingerprint density at radius 1 is 1.26 bits per heavy atom. The van der Waals surface area contributed by atoms with Crippen LogP contribution in [0.5, 0.6) is 0 Å². The van der Waals surface area contributed by atoms with E-state index in [1.54, 1.807) is 6.07 Å². The highest BCUT2D eigenvalue weighted by atomic mass is 19.4. The summed E-state index contributed by atoms with van der Waals surface area (Å²) in [6.07, 6.45) is -0.167. The van der Waals surface area contributed by atoms with E-state index in [1.165, 1.54) is 12.1 Å². The number of benzene rings is 1. The molecule has 0 aromatic heterocycles. The van der Waals surface area contributed by atoms with E-state index in [2.05, 4.69) is 12.2 Å². The normalized spacial score (nSPS) is 23.8. The third-order valence-electron chi connectivity index (χ3n) is 3.81. The van der Waals surface area contributed by atoms with Crippen molar-refractivity contribution < 1.29 is 13.2 Å². The third-order valence-corrected chi connectivity index (χ3v) is 3.81. The summed E-state index contributed by atoms with van der Waals surface area (Å²) in [5, 5.41) is 3.42. The number of rotatable bonds is 4. The van der Waals surface area contributed by atoms with Crippen molar-refractivity contribution >= 4 is 0 Å². The molecule has 0 radical (unpaired) electrons. The van der Waals surface area contributed by atoms with Gasteiger partial charge in [0.1, 0.15) is 0 Å². The van der Waals surface area contributed by atoms with Gasteiger partial charge in [-0.25, -0.2) is 0 Å². The molecule has 0 spiro atoms. The molecule has 2 unspecified atom stereocenters. The van der Waals surface area contributed by atoms with Crippen LogP contribution in [0.1, 0.15) is 37.3 Å². The van der Waals surface area contributed by atoms with E-state index in [1.807, 2.05) is 0 Å². The first-order valence-corrected chi connectivity index (χ1v) is 6.88. The van der Waals surface area contributed by atoms with E-state index in [0.717, 1.165) is 43.9 Å². The fourth-order valence-electron chi connectivity index (χ4n) is 2.94. The molecule has 1 aromatic rings. The average Bonchev–Trinajstić information content (AvgIpc) is 2.76. The zero-order valence-electron chi connectivity index (χ0n) is 11.1. The van der Waals surface area contributed by atoms with Crippen molar-refractivity contribution in [3.05, 3.63) is 35.4 Å². The molecule has 0 saturated heterocycles. The molecule has 1 aliphatic rings. The molecule has 4 heteroatoms. The molecular formula is C15H20F3N.